The molecule has 0 saturated carbocycles. The zero-order chi connectivity index (χ0) is 13.6. The minimum absolute atomic E-state index is 0.0702. The standard InChI is InChI=1S/C13H24N2O2S/c1-13(2,3)12-10(8-14-6-7-16-4)18-11(15-12)9-17-5/h14H,6-9H2,1-5H3. The van der Waals surface area contributed by atoms with Crippen molar-refractivity contribution >= 4 is 11.3 Å². The van der Waals surface area contributed by atoms with Crippen LogP contribution < -0.4 is 5.32 Å². The number of nitrogens with zero attached hydrogens (tertiary/aromatic N) is 1. The van der Waals surface area contributed by atoms with Crippen LogP contribution in [0.1, 0.15) is 36.3 Å². The minimum Gasteiger partial charge on any atom is -0.383 e. The lowest BCUT2D eigenvalue weighted by Crippen LogP contribution is -2.21. The van der Waals surface area contributed by atoms with Gasteiger partial charge in [-0.3, -0.25) is 0 Å². The molecule has 1 heterocycles. The fourth-order valence-corrected chi connectivity index (χ4v) is 2.89. The van der Waals surface area contributed by atoms with Crippen LogP contribution in [0.5, 0.6) is 0 Å². The summed E-state index contributed by atoms with van der Waals surface area (Å²) in [5.41, 5.74) is 1.24. The van der Waals surface area contributed by atoms with Gasteiger partial charge in [0.15, 0.2) is 0 Å². The van der Waals surface area contributed by atoms with E-state index < -0.39 is 0 Å². The highest BCUT2D eigenvalue weighted by Gasteiger charge is 2.22. The van der Waals surface area contributed by atoms with Crippen LogP contribution in [0.25, 0.3) is 0 Å². The lowest BCUT2D eigenvalue weighted by atomic mass is 9.91. The monoisotopic (exact) mass is 272 g/mol. The first-order valence-electron chi connectivity index (χ1n) is 6.16. The first-order chi connectivity index (χ1) is 8.49. The molecule has 0 aliphatic carbocycles. The maximum atomic E-state index is 5.16. The molecule has 1 rings (SSSR count). The van der Waals surface area contributed by atoms with E-state index in [0.717, 1.165) is 24.7 Å². The largest absolute Gasteiger partial charge is 0.383 e. The van der Waals surface area contributed by atoms with Gasteiger partial charge in [0.2, 0.25) is 0 Å². The molecule has 0 atom stereocenters. The maximum Gasteiger partial charge on any atom is 0.119 e. The van der Waals surface area contributed by atoms with E-state index in [0.29, 0.717) is 6.61 Å². The number of thiazole rings is 1. The van der Waals surface area contributed by atoms with Crippen LogP contribution in [0.3, 0.4) is 0 Å². The third-order valence-corrected chi connectivity index (χ3v) is 3.52. The second-order valence-corrected chi connectivity index (χ2v) is 6.40. The minimum atomic E-state index is 0.0702. The van der Waals surface area contributed by atoms with Gasteiger partial charge in [-0.2, -0.15) is 0 Å². The number of hydrogen-bond donors (Lipinski definition) is 1. The molecule has 0 saturated heterocycles. The van der Waals surface area contributed by atoms with Gasteiger partial charge in [0.05, 0.1) is 18.9 Å². The van der Waals surface area contributed by atoms with Gasteiger partial charge in [-0.1, -0.05) is 20.8 Å². The smallest absolute Gasteiger partial charge is 0.119 e. The highest BCUT2D eigenvalue weighted by molar-refractivity contribution is 7.11. The van der Waals surface area contributed by atoms with Gasteiger partial charge in [0, 0.05) is 37.6 Å². The van der Waals surface area contributed by atoms with Gasteiger partial charge >= 0.3 is 0 Å². The summed E-state index contributed by atoms with van der Waals surface area (Å²) < 4.78 is 10.2. The van der Waals surface area contributed by atoms with Crippen LogP contribution in [0.15, 0.2) is 0 Å². The molecule has 1 N–H and O–H groups in total. The van der Waals surface area contributed by atoms with E-state index in [9.17, 15) is 0 Å². The molecule has 0 radical (unpaired) electrons. The number of aromatic nitrogens is 1. The van der Waals surface area contributed by atoms with E-state index in [1.54, 1.807) is 25.6 Å². The summed E-state index contributed by atoms with van der Waals surface area (Å²) in [5, 5.41) is 4.42. The van der Waals surface area contributed by atoms with Crippen molar-refractivity contribution in [3.63, 3.8) is 0 Å². The summed E-state index contributed by atoms with van der Waals surface area (Å²) in [6, 6.07) is 0. The molecule has 1 aromatic heterocycles. The normalized spacial score (nSPS) is 12.1. The van der Waals surface area contributed by atoms with Crippen molar-refractivity contribution < 1.29 is 9.47 Å². The van der Waals surface area contributed by atoms with Crippen molar-refractivity contribution in [3.8, 4) is 0 Å². The number of rotatable bonds is 7. The fourth-order valence-electron chi connectivity index (χ4n) is 1.67. The lowest BCUT2D eigenvalue weighted by molar-refractivity contribution is 0.184. The van der Waals surface area contributed by atoms with E-state index >= 15 is 0 Å². The Morgan fingerprint density at radius 3 is 2.50 bits per heavy atom. The van der Waals surface area contributed by atoms with Crippen LogP contribution in [0.4, 0.5) is 0 Å². The fraction of sp³-hybridized carbons (Fsp3) is 0.769. The number of nitrogens with one attached hydrogen (secondary N) is 1. The molecule has 4 nitrogen and oxygen atoms in total. The second-order valence-electron chi connectivity index (χ2n) is 5.23. The zero-order valence-electron chi connectivity index (χ0n) is 12.0. The van der Waals surface area contributed by atoms with Gasteiger partial charge in [-0.25, -0.2) is 4.98 Å². The Morgan fingerprint density at radius 1 is 1.22 bits per heavy atom. The second kappa shape index (κ2) is 7.19. The third-order valence-electron chi connectivity index (χ3n) is 2.49. The number of ether oxygens (including phenoxy) is 2. The third kappa shape index (κ3) is 4.65. The zero-order valence-corrected chi connectivity index (χ0v) is 12.8. The maximum absolute atomic E-state index is 5.16. The summed E-state index contributed by atoms with van der Waals surface area (Å²) >= 11 is 1.73. The molecule has 18 heavy (non-hydrogen) atoms. The Bertz CT molecular complexity index is 358. The number of methoxy groups -OCH3 is 2. The molecular weight excluding hydrogens is 248 g/mol. The van der Waals surface area contributed by atoms with Crippen molar-refractivity contribution in [3.05, 3.63) is 15.6 Å². The van der Waals surface area contributed by atoms with Crippen molar-refractivity contribution in [2.45, 2.75) is 39.3 Å². The first kappa shape index (κ1) is 15.6. The van der Waals surface area contributed by atoms with E-state index in [-0.39, 0.29) is 5.41 Å². The summed E-state index contributed by atoms with van der Waals surface area (Å²) in [7, 11) is 3.42. The van der Waals surface area contributed by atoms with E-state index in [2.05, 4.69) is 26.1 Å². The predicted molar refractivity (Wildman–Crippen MR) is 75.1 cm³/mol. The summed E-state index contributed by atoms with van der Waals surface area (Å²) in [4.78, 5) is 5.99. The Kier molecular flexibility index (Phi) is 6.21. The number of hydrogen-bond acceptors (Lipinski definition) is 5. The molecule has 0 bridgehead atoms. The highest BCUT2D eigenvalue weighted by Crippen LogP contribution is 2.29. The van der Waals surface area contributed by atoms with Gasteiger partial charge in [-0.05, 0) is 0 Å². The van der Waals surface area contributed by atoms with E-state index in [4.69, 9.17) is 14.5 Å². The topological polar surface area (TPSA) is 43.4 Å². The molecule has 5 heteroatoms. The van der Waals surface area contributed by atoms with E-state index in [1.165, 1.54) is 10.6 Å². The Morgan fingerprint density at radius 2 is 1.94 bits per heavy atom. The SMILES string of the molecule is COCCNCc1sc(COC)nc1C(C)(C)C. The van der Waals surface area contributed by atoms with Gasteiger partial charge < -0.3 is 14.8 Å². The van der Waals surface area contributed by atoms with Gasteiger partial charge in [0.1, 0.15) is 5.01 Å². The summed E-state index contributed by atoms with van der Waals surface area (Å²) in [5.74, 6) is 0. The van der Waals surface area contributed by atoms with Crippen LogP contribution in [0.2, 0.25) is 0 Å². The molecule has 1 aromatic rings. The van der Waals surface area contributed by atoms with Crippen molar-refractivity contribution in [2.75, 3.05) is 27.4 Å². The van der Waals surface area contributed by atoms with Gasteiger partial charge in [0.25, 0.3) is 0 Å². The average Bonchev–Trinajstić information content (AvgIpc) is 2.68. The van der Waals surface area contributed by atoms with Crippen LogP contribution in [-0.2, 0) is 28.0 Å². The molecular formula is C13H24N2O2S. The molecule has 104 valence electrons. The predicted octanol–water partition coefficient (Wildman–Crippen LogP) is 2.32. The van der Waals surface area contributed by atoms with Crippen LogP contribution >= 0.6 is 11.3 Å². The molecule has 0 amide bonds. The van der Waals surface area contributed by atoms with E-state index in [1.807, 2.05) is 0 Å². The first-order valence-corrected chi connectivity index (χ1v) is 6.98. The Labute approximate surface area is 114 Å². The van der Waals surface area contributed by atoms with Crippen molar-refractivity contribution in [2.24, 2.45) is 0 Å². The highest BCUT2D eigenvalue weighted by atomic mass is 32.1. The Hall–Kier alpha value is -0.490. The summed E-state index contributed by atoms with van der Waals surface area (Å²) in [6.45, 7) is 9.60. The Balaban J connectivity index is 2.73. The van der Waals surface area contributed by atoms with Crippen LogP contribution in [0, 0.1) is 0 Å². The molecule has 0 aliphatic rings. The molecule has 0 unspecified atom stereocenters. The van der Waals surface area contributed by atoms with Crippen LogP contribution in [-0.4, -0.2) is 32.4 Å². The van der Waals surface area contributed by atoms with Crippen molar-refractivity contribution in [1.82, 2.24) is 10.3 Å². The quantitative estimate of drug-likeness (QED) is 0.774. The molecule has 0 aromatic carbocycles. The lowest BCUT2D eigenvalue weighted by Gasteiger charge is -2.17. The van der Waals surface area contributed by atoms with Crippen molar-refractivity contribution in [1.29, 1.82) is 0 Å². The van der Waals surface area contributed by atoms with Gasteiger partial charge in [-0.15, -0.1) is 11.3 Å². The molecule has 0 fully saturated rings. The molecule has 0 spiro atoms. The average molecular weight is 272 g/mol. The molecule has 0 aliphatic heterocycles. The summed E-state index contributed by atoms with van der Waals surface area (Å²) in [6.07, 6.45) is 0.